The van der Waals surface area contributed by atoms with Crippen LogP contribution >= 0.6 is 0 Å². The van der Waals surface area contributed by atoms with Crippen molar-refractivity contribution >= 4 is 23.4 Å². The fourth-order valence-corrected chi connectivity index (χ4v) is 2.77. The second-order valence-corrected chi connectivity index (χ2v) is 5.97. The lowest BCUT2D eigenvalue weighted by Gasteiger charge is -2.19. The average molecular weight is 342 g/mol. The van der Waals surface area contributed by atoms with Gasteiger partial charge in [-0.1, -0.05) is 37.3 Å². The maximum absolute atomic E-state index is 13.8. The number of halogens is 1. The molecule has 1 fully saturated rings. The van der Waals surface area contributed by atoms with Crippen molar-refractivity contribution in [2.75, 3.05) is 23.4 Å². The summed E-state index contributed by atoms with van der Waals surface area (Å²) in [7, 11) is 0. The minimum Gasteiger partial charge on any atom is -0.447 e. The Kier molecular flexibility index (Phi) is 4.97. The molecule has 0 unspecified atom stereocenters. The molecule has 1 heterocycles. The minimum atomic E-state index is -0.430. The van der Waals surface area contributed by atoms with Crippen LogP contribution in [0, 0.1) is 11.7 Å². The van der Waals surface area contributed by atoms with Gasteiger partial charge >= 0.3 is 6.09 Å². The molecule has 1 N–H and O–H groups in total. The van der Waals surface area contributed by atoms with Crippen molar-refractivity contribution in [2.24, 2.45) is 5.92 Å². The molecule has 0 bridgehead atoms. The molecule has 25 heavy (non-hydrogen) atoms. The molecule has 0 aromatic heterocycles. The summed E-state index contributed by atoms with van der Waals surface area (Å²) >= 11 is 0. The quantitative estimate of drug-likeness (QED) is 0.903. The molecule has 2 amide bonds. The van der Waals surface area contributed by atoms with Crippen molar-refractivity contribution in [1.82, 2.24) is 0 Å². The van der Waals surface area contributed by atoms with Crippen LogP contribution in [0.3, 0.4) is 0 Å². The van der Waals surface area contributed by atoms with E-state index in [9.17, 15) is 14.0 Å². The molecule has 0 saturated carbocycles. The summed E-state index contributed by atoms with van der Waals surface area (Å²) in [6.45, 7) is 2.51. The third-order valence-electron chi connectivity index (χ3n) is 4.15. The Balaban J connectivity index is 1.73. The summed E-state index contributed by atoms with van der Waals surface area (Å²) in [5.41, 5.74) is 1.63. The molecule has 3 rings (SSSR count). The largest absolute Gasteiger partial charge is 0.447 e. The summed E-state index contributed by atoms with van der Waals surface area (Å²) in [5.74, 6) is -0.971. The van der Waals surface area contributed by atoms with Gasteiger partial charge in [-0.2, -0.15) is 0 Å². The third kappa shape index (κ3) is 3.79. The summed E-state index contributed by atoms with van der Waals surface area (Å²) in [6.07, 6.45) is -0.131. The number of hydrogen-bond donors (Lipinski definition) is 1. The zero-order valence-corrected chi connectivity index (χ0v) is 13.9. The lowest BCUT2D eigenvalue weighted by molar-refractivity contribution is -0.119. The standard InChI is InChI=1S/C19H19FN2O3/c1-13(12-14-6-2-3-7-15(14)20)18(23)21-16-8-4-5-9-17(16)22-10-11-25-19(22)24/h2-9,13H,10-12H2,1H3,(H,21,23)/t13-/m0/s1. The van der Waals surface area contributed by atoms with Crippen molar-refractivity contribution in [2.45, 2.75) is 13.3 Å². The number of carbonyl (C=O) groups excluding carboxylic acids is 2. The van der Waals surface area contributed by atoms with E-state index in [0.29, 0.717) is 36.5 Å². The van der Waals surface area contributed by atoms with Crippen LogP contribution in [0.25, 0.3) is 0 Å². The summed E-state index contributed by atoms with van der Waals surface area (Å²) < 4.78 is 18.7. The first-order valence-electron chi connectivity index (χ1n) is 8.14. The number of ether oxygens (including phenoxy) is 1. The molecule has 130 valence electrons. The van der Waals surface area contributed by atoms with E-state index >= 15 is 0 Å². The fraction of sp³-hybridized carbons (Fsp3) is 0.263. The first-order valence-corrected chi connectivity index (χ1v) is 8.14. The van der Waals surface area contributed by atoms with Crippen molar-refractivity contribution in [3.63, 3.8) is 0 Å². The fourth-order valence-electron chi connectivity index (χ4n) is 2.77. The van der Waals surface area contributed by atoms with Crippen LogP contribution in [0.15, 0.2) is 48.5 Å². The number of cyclic esters (lactones) is 1. The van der Waals surface area contributed by atoms with Crippen LogP contribution in [0.2, 0.25) is 0 Å². The maximum Gasteiger partial charge on any atom is 0.414 e. The summed E-state index contributed by atoms with van der Waals surface area (Å²) in [4.78, 5) is 25.8. The number of benzene rings is 2. The molecule has 0 radical (unpaired) electrons. The number of nitrogens with one attached hydrogen (secondary N) is 1. The van der Waals surface area contributed by atoms with Gasteiger partial charge in [0, 0.05) is 5.92 Å². The van der Waals surface area contributed by atoms with Gasteiger partial charge in [0.05, 0.1) is 17.9 Å². The normalized spacial score (nSPS) is 15.0. The van der Waals surface area contributed by atoms with Gasteiger partial charge in [-0.3, -0.25) is 9.69 Å². The Bertz CT molecular complexity index is 794. The molecule has 6 heteroatoms. The number of rotatable bonds is 5. The van der Waals surface area contributed by atoms with Gasteiger partial charge in [-0.25, -0.2) is 9.18 Å². The van der Waals surface area contributed by atoms with Gasteiger partial charge in [0.2, 0.25) is 5.91 Å². The molecule has 2 aromatic rings. The molecule has 1 saturated heterocycles. The molecule has 0 spiro atoms. The van der Waals surface area contributed by atoms with E-state index in [0.717, 1.165) is 0 Å². The zero-order chi connectivity index (χ0) is 17.8. The molecule has 2 aromatic carbocycles. The van der Waals surface area contributed by atoms with Gasteiger partial charge in [-0.05, 0) is 30.2 Å². The molecular formula is C19H19FN2O3. The number of nitrogens with zero attached hydrogens (tertiary/aromatic N) is 1. The second-order valence-electron chi connectivity index (χ2n) is 5.97. The Morgan fingerprint density at radius 1 is 1.24 bits per heavy atom. The maximum atomic E-state index is 13.8. The van der Waals surface area contributed by atoms with Gasteiger partial charge in [0.15, 0.2) is 0 Å². The number of carbonyl (C=O) groups is 2. The van der Waals surface area contributed by atoms with Crippen LogP contribution in [0.1, 0.15) is 12.5 Å². The first kappa shape index (κ1) is 17.0. The molecule has 1 atom stereocenters. The topological polar surface area (TPSA) is 58.6 Å². The van der Waals surface area contributed by atoms with Gasteiger partial charge < -0.3 is 10.1 Å². The van der Waals surface area contributed by atoms with Crippen molar-refractivity contribution in [3.05, 3.63) is 59.9 Å². The number of anilines is 2. The Morgan fingerprint density at radius 3 is 2.68 bits per heavy atom. The van der Waals surface area contributed by atoms with Crippen LogP contribution < -0.4 is 10.2 Å². The van der Waals surface area contributed by atoms with Crippen LogP contribution in [-0.4, -0.2) is 25.2 Å². The lowest BCUT2D eigenvalue weighted by atomic mass is 10.00. The Hall–Kier alpha value is -2.89. The van der Waals surface area contributed by atoms with Gasteiger partial charge in [0.1, 0.15) is 12.4 Å². The van der Waals surface area contributed by atoms with E-state index in [1.807, 2.05) is 0 Å². The van der Waals surface area contributed by atoms with E-state index in [1.165, 1.54) is 11.0 Å². The monoisotopic (exact) mass is 342 g/mol. The summed E-state index contributed by atoms with van der Waals surface area (Å²) in [6, 6.07) is 13.5. The Morgan fingerprint density at radius 2 is 1.96 bits per heavy atom. The number of para-hydroxylation sites is 2. The van der Waals surface area contributed by atoms with Gasteiger partial charge in [-0.15, -0.1) is 0 Å². The molecule has 1 aliphatic rings. The van der Waals surface area contributed by atoms with E-state index < -0.39 is 12.0 Å². The van der Waals surface area contributed by atoms with Gasteiger partial charge in [0.25, 0.3) is 0 Å². The SMILES string of the molecule is C[C@@H](Cc1ccccc1F)C(=O)Nc1ccccc1N1CCOC1=O. The van der Waals surface area contributed by atoms with E-state index in [-0.39, 0.29) is 11.7 Å². The van der Waals surface area contributed by atoms with E-state index in [1.54, 1.807) is 49.4 Å². The summed E-state index contributed by atoms with van der Waals surface area (Å²) in [5, 5.41) is 2.84. The highest BCUT2D eigenvalue weighted by molar-refractivity contribution is 6.00. The van der Waals surface area contributed by atoms with Crippen LogP contribution in [0.5, 0.6) is 0 Å². The molecule has 0 aliphatic carbocycles. The predicted octanol–water partition coefficient (Wildman–Crippen LogP) is 3.60. The van der Waals surface area contributed by atoms with Crippen LogP contribution in [0.4, 0.5) is 20.6 Å². The first-order chi connectivity index (χ1) is 12.1. The van der Waals surface area contributed by atoms with E-state index in [4.69, 9.17) is 4.74 Å². The molecule has 1 aliphatic heterocycles. The third-order valence-corrected chi connectivity index (χ3v) is 4.15. The average Bonchev–Trinajstić information content (AvgIpc) is 3.03. The highest BCUT2D eigenvalue weighted by Crippen LogP contribution is 2.28. The number of amides is 2. The molecule has 5 nitrogen and oxygen atoms in total. The van der Waals surface area contributed by atoms with Crippen LogP contribution in [-0.2, 0) is 16.0 Å². The zero-order valence-electron chi connectivity index (χ0n) is 13.9. The second kappa shape index (κ2) is 7.34. The number of hydrogen-bond acceptors (Lipinski definition) is 3. The van der Waals surface area contributed by atoms with E-state index in [2.05, 4.69) is 5.32 Å². The smallest absolute Gasteiger partial charge is 0.414 e. The van der Waals surface area contributed by atoms with Crippen molar-refractivity contribution in [1.29, 1.82) is 0 Å². The van der Waals surface area contributed by atoms with Crippen molar-refractivity contribution in [3.8, 4) is 0 Å². The predicted molar refractivity (Wildman–Crippen MR) is 93.0 cm³/mol. The van der Waals surface area contributed by atoms with Crippen molar-refractivity contribution < 1.29 is 18.7 Å². The highest BCUT2D eigenvalue weighted by atomic mass is 19.1. The minimum absolute atomic E-state index is 0.233. The molecular weight excluding hydrogens is 323 g/mol. The highest BCUT2D eigenvalue weighted by Gasteiger charge is 2.26. The lowest BCUT2D eigenvalue weighted by Crippen LogP contribution is -2.27. The Labute approximate surface area is 145 Å².